The number of anilines is 2. The summed E-state index contributed by atoms with van der Waals surface area (Å²) in [6, 6.07) is 16.3. The molecule has 1 heterocycles. The fourth-order valence-electron chi connectivity index (χ4n) is 3.01. The molecular weight excluding hydrogens is 272 g/mol. The normalized spacial score (nSPS) is 16.7. The molecule has 1 aliphatic heterocycles. The Balaban J connectivity index is 1.77. The fourth-order valence-corrected chi connectivity index (χ4v) is 3.01. The fraction of sp³-hybridized carbons (Fsp3) is 0.316. The van der Waals surface area contributed by atoms with Gasteiger partial charge in [0.1, 0.15) is 0 Å². The van der Waals surface area contributed by atoms with Crippen molar-refractivity contribution >= 4 is 17.4 Å². The van der Waals surface area contributed by atoms with Gasteiger partial charge in [-0.05, 0) is 48.6 Å². The Morgan fingerprint density at radius 2 is 1.82 bits per heavy atom. The van der Waals surface area contributed by atoms with E-state index in [0.29, 0.717) is 5.92 Å². The van der Waals surface area contributed by atoms with Crippen LogP contribution in [0.2, 0.25) is 0 Å². The molecule has 114 valence electrons. The molecule has 2 aromatic carbocycles. The summed E-state index contributed by atoms with van der Waals surface area (Å²) in [4.78, 5) is 14.5. The van der Waals surface area contributed by atoms with Crippen LogP contribution in [0.3, 0.4) is 0 Å². The molecule has 0 saturated heterocycles. The van der Waals surface area contributed by atoms with Gasteiger partial charge in [0.15, 0.2) is 0 Å². The molecule has 0 saturated carbocycles. The highest BCUT2D eigenvalue weighted by Gasteiger charge is 2.30. The van der Waals surface area contributed by atoms with Gasteiger partial charge in [0.2, 0.25) is 0 Å². The Hall–Kier alpha value is -2.29. The van der Waals surface area contributed by atoms with E-state index in [9.17, 15) is 4.79 Å². The van der Waals surface area contributed by atoms with Gasteiger partial charge >= 0.3 is 6.03 Å². The van der Waals surface area contributed by atoms with Crippen molar-refractivity contribution in [1.82, 2.24) is 0 Å². The number of rotatable bonds is 2. The number of urea groups is 1. The Bertz CT molecular complexity index is 676. The minimum atomic E-state index is -0.0604. The lowest BCUT2D eigenvalue weighted by atomic mass is 10.0. The lowest BCUT2D eigenvalue weighted by Gasteiger charge is -2.23. The Labute approximate surface area is 132 Å². The largest absolute Gasteiger partial charge is 0.326 e. The second-order valence-corrected chi connectivity index (χ2v) is 6.26. The van der Waals surface area contributed by atoms with Gasteiger partial charge in [-0.2, -0.15) is 0 Å². The van der Waals surface area contributed by atoms with Crippen molar-refractivity contribution in [2.45, 2.75) is 39.2 Å². The van der Waals surface area contributed by atoms with E-state index in [0.717, 1.165) is 17.8 Å². The Morgan fingerprint density at radius 1 is 1.14 bits per heavy atom. The zero-order valence-corrected chi connectivity index (χ0v) is 13.3. The van der Waals surface area contributed by atoms with Crippen molar-refractivity contribution in [3.8, 4) is 0 Å². The zero-order valence-electron chi connectivity index (χ0n) is 13.3. The quantitative estimate of drug-likeness (QED) is 0.848. The van der Waals surface area contributed by atoms with Gasteiger partial charge in [-0.1, -0.05) is 44.2 Å². The summed E-state index contributed by atoms with van der Waals surface area (Å²) in [7, 11) is 0. The third-order valence-corrected chi connectivity index (χ3v) is 4.25. The number of carbonyl (C=O) groups excluding carboxylic acids is 1. The molecule has 1 unspecified atom stereocenters. The number of amides is 2. The van der Waals surface area contributed by atoms with Crippen LogP contribution in [-0.2, 0) is 6.42 Å². The van der Waals surface area contributed by atoms with Crippen LogP contribution in [0.1, 0.15) is 37.8 Å². The zero-order chi connectivity index (χ0) is 15.7. The third-order valence-electron chi connectivity index (χ3n) is 4.25. The molecule has 1 aliphatic rings. The highest BCUT2D eigenvalue weighted by atomic mass is 16.2. The van der Waals surface area contributed by atoms with Gasteiger partial charge < -0.3 is 5.32 Å². The van der Waals surface area contributed by atoms with Gasteiger partial charge in [-0.3, -0.25) is 4.90 Å². The number of nitrogens with one attached hydrogen (secondary N) is 1. The van der Waals surface area contributed by atoms with Gasteiger partial charge in [0, 0.05) is 17.4 Å². The summed E-state index contributed by atoms with van der Waals surface area (Å²) in [5, 5.41) is 3.01. The molecule has 0 aromatic heterocycles. The first-order valence-electron chi connectivity index (χ1n) is 7.84. The SMILES string of the molecule is CC(C)c1ccc(NC(=O)N2c3ccccc3CC2C)cc1. The van der Waals surface area contributed by atoms with Gasteiger partial charge in [-0.25, -0.2) is 4.79 Å². The van der Waals surface area contributed by atoms with E-state index >= 15 is 0 Å². The van der Waals surface area contributed by atoms with E-state index in [-0.39, 0.29) is 12.1 Å². The summed E-state index contributed by atoms with van der Waals surface area (Å²) in [5.41, 5.74) is 4.37. The molecule has 2 aromatic rings. The van der Waals surface area contributed by atoms with Crippen molar-refractivity contribution in [3.05, 3.63) is 59.7 Å². The Morgan fingerprint density at radius 3 is 2.50 bits per heavy atom. The topological polar surface area (TPSA) is 32.3 Å². The molecule has 3 rings (SSSR count). The average molecular weight is 294 g/mol. The maximum atomic E-state index is 12.6. The van der Waals surface area contributed by atoms with E-state index in [1.807, 2.05) is 35.2 Å². The van der Waals surface area contributed by atoms with E-state index in [2.05, 4.69) is 44.3 Å². The predicted octanol–water partition coefficient (Wildman–Crippen LogP) is 4.79. The van der Waals surface area contributed by atoms with E-state index < -0.39 is 0 Å². The van der Waals surface area contributed by atoms with Crippen molar-refractivity contribution in [3.63, 3.8) is 0 Å². The van der Waals surface area contributed by atoms with Crippen LogP contribution in [0, 0.1) is 0 Å². The summed E-state index contributed by atoms with van der Waals surface area (Å²) >= 11 is 0. The first-order valence-corrected chi connectivity index (χ1v) is 7.84. The second-order valence-electron chi connectivity index (χ2n) is 6.26. The minimum Gasteiger partial charge on any atom is -0.308 e. The number of carbonyl (C=O) groups is 1. The van der Waals surface area contributed by atoms with Crippen molar-refractivity contribution in [2.75, 3.05) is 10.2 Å². The minimum absolute atomic E-state index is 0.0604. The molecule has 22 heavy (non-hydrogen) atoms. The predicted molar refractivity (Wildman–Crippen MR) is 91.6 cm³/mol. The molecule has 1 N–H and O–H groups in total. The summed E-state index contributed by atoms with van der Waals surface area (Å²) in [6.07, 6.45) is 0.913. The first kappa shape index (κ1) is 14.6. The molecular formula is C19H22N2O. The van der Waals surface area contributed by atoms with Crippen molar-refractivity contribution in [1.29, 1.82) is 0 Å². The summed E-state index contributed by atoms with van der Waals surface area (Å²) < 4.78 is 0. The summed E-state index contributed by atoms with van der Waals surface area (Å²) in [5.74, 6) is 0.496. The monoisotopic (exact) mass is 294 g/mol. The molecule has 1 atom stereocenters. The van der Waals surface area contributed by atoms with Crippen LogP contribution >= 0.6 is 0 Å². The smallest absolute Gasteiger partial charge is 0.308 e. The van der Waals surface area contributed by atoms with Crippen LogP contribution in [0.15, 0.2) is 48.5 Å². The number of para-hydroxylation sites is 1. The van der Waals surface area contributed by atoms with Crippen LogP contribution in [0.4, 0.5) is 16.2 Å². The van der Waals surface area contributed by atoms with Gasteiger partial charge in [-0.15, -0.1) is 0 Å². The van der Waals surface area contributed by atoms with Crippen LogP contribution in [0.25, 0.3) is 0 Å². The molecule has 0 bridgehead atoms. The molecule has 2 amide bonds. The molecule has 3 heteroatoms. The van der Waals surface area contributed by atoms with Crippen LogP contribution in [-0.4, -0.2) is 12.1 Å². The molecule has 3 nitrogen and oxygen atoms in total. The standard InChI is InChI=1S/C19H22N2O/c1-13(2)15-8-10-17(11-9-15)20-19(22)21-14(3)12-16-6-4-5-7-18(16)21/h4-11,13-14H,12H2,1-3H3,(H,20,22). The van der Waals surface area contributed by atoms with Crippen molar-refractivity contribution in [2.24, 2.45) is 0 Å². The lowest BCUT2D eigenvalue weighted by molar-refractivity contribution is 0.256. The van der Waals surface area contributed by atoms with E-state index in [4.69, 9.17) is 0 Å². The molecule has 0 aliphatic carbocycles. The third kappa shape index (κ3) is 2.71. The number of fused-ring (bicyclic) bond motifs is 1. The Kier molecular flexibility index (Phi) is 3.88. The number of benzene rings is 2. The van der Waals surface area contributed by atoms with Crippen molar-refractivity contribution < 1.29 is 4.79 Å². The average Bonchev–Trinajstić information content (AvgIpc) is 2.83. The number of hydrogen-bond donors (Lipinski definition) is 1. The van der Waals surface area contributed by atoms with E-state index in [1.165, 1.54) is 11.1 Å². The maximum absolute atomic E-state index is 12.6. The summed E-state index contributed by atoms with van der Waals surface area (Å²) in [6.45, 7) is 6.41. The van der Waals surface area contributed by atoms with Crippen LogP contribution < -0.4 is 10.2 Å². The molecule has 0 spiro atoms. The molecule has 0 fully saturated rings. The maximum Gasteiger partial charge on any atom is 0.326 e. The number of hydrogen-bond acceptors (Lipinski definition) is 1. The molecule has 0 radical (unpaired) electrons. The second kappa shape index (κ2) is 5.84. The van der Waals surface area contributed by atoms with E-state index in [1.54, 1.807) is 0 Å². The van der Waals surface area contributed by atoms with Gasteiger partial charge in [0.25, 0.3) is 0 Å². The van der Waals surface area contributed by atoms with Crippen LogP contribution in [0.5, 0.6) is 0 Å². The van der Waals surface area contributed by atoms with Gasteiger partial charge in [0.05, 0.1) is 0 Å². The number of nitrogens with zero attached hydrogens (tertiary/aromatic N) is 1. The lowest BCUT2D eigenvalue weighted by Crippen LogP contribution is -2.39. The highest BCUT2D eigenvalue weighted by molar-refractivity contribution is 6.03. The first-order chi connectivity index (χ1) is 10.6. The highest BCUT2D eigenvalue weighted by Crippen LogP contribution is 2.32.